The van der Waals surface area contributed by atoms with Gasteiger partial charge in [0.05, 0.1) is 5.69 Å². The monoisotopic (exact) mass is 324 g/mol. The van der Waals surface area contributed by atoms with Gasteiger partial charge < -0.3 is 10.2 Å². The largest absolute Gasteiger partial charge is 0.341 e. The van der Waals surface area contributed by atoms with E-state index in [4.69, 9.17) is 0 Å². The van der Waals surface area contributed by atoms with Crippen molar-refractivity contribution >= 4 is 17.5 Å². The molecule has 1 heterocycles. The number of benzene rings is 1. The number of nitrogens with one attached hydrogen (secondary N) is 1. The van der Waals surface area contributed by atoms with E-state index in [2.05, 4.69) is 15.3 Å². The first-order valence-electron chi connectivity index (χ1n) is 7.00. The van der Waals surface area contributed by atoms with E-state index in [0.717, 1.165) is 12.1 Å². The van der Waals surface area contributed by atoms with Crippen molar-refractivity contribution in [2.24, 2.45) is 0 Å². The van der Waals surface area contributed by atoms with Crippen molar-refractivity contribution in [1.29, 1.82) is 0 Å². The lowest BCUT2D eigenvalue weighted by atomic mass is 10.2. The third-order valence-electron chi connectivity index (χ3n) is 3.21. The minimum atomic E-state index is -1.64. The first-order chi connectivity index (χ1) is 11.0. The van der Waals surface area contributed by atoms with Crippen molar-refractivity contribution in [3.63, 3.8) is 0 Å². The predicted octanol–water partition coefficient (Wildman–Crippen LogP) is 2.99. The topological polar surface area (TPSA) is 58.1 Å². The van der Waals surface area contributed by atoms with Gasteiger partial charge in [0, 0.05) is 19.3 Å². The van der Waals surface area contributed by atoms with E-state index in [1.54, 1.807) is 0 Å². The zero-order chi connectivity index (χ0) is 17.0. The summed E-state index contributed by atoms with van der Waals surface area (Å²) in [4.78, 5) is 22.1. The maximum atomic E-state index is 13.6. The highest BCUT2D eigenvalue weighted by Gasteiger charge is 2.17. The predicted molar refractivity (Wildman–Crippen MR) is 79.9 cm³/mol. The lowest BCUT2D eigenvalue weighted by Gasteiger charge is -2.18. The van der Waals surface area contributed by atoms with Crippen LogP contribution in [0.3, 0.4) is 0 Å². The lowest BCUT2D eigenvalue weighted by molar-refractivity contribution is 0.102. The van der Waals surface area contributed by atoms with Crippen molar-refractivity contribution in [2.45, 2.75) is 13.8 Å². The SMILES string of the molecule is CCN(CC)c1nccc(C(=O)Nc2ccc(F)c(F)c2F)n1. The molecule has 0 saturated heterocycles. The average Bonchev–Trinajstić information content (AvgIpc) is 2.57. The van der Waals surface area contributed by atoms with Crippen LogP contribution in [0.1, 0.15) is 24.3 Å². The van der Waals surface area contributed by atoms with E-state index >= 15 is 0 Å². The number of amides is 1. The van der Waals surface area contributed by atoms with Gasteiger partial charge in [-0.05, 0) is 32.0 Å². The lowest BCUT2D eigenvalue weighted by Crippen LogP contribution is -2.25. The number of rotatable bonds is 5. The average molecular weight is 324 g/mol. The van der Waals surface area contributed by atoms with Crippen molar-refractivity contribution in [2.75, 3.05) is 23.3 Å². The van der Waals surface area contributed by atoms with Crippen LogP contribution in [0.15, 0.2) is 24.4 Å². The van der Waals surface area contributed by atoms with Gasteiger partial charge in [-0.2, -0.15) is 0 Å². The molecule has 8 heteroatoms. The zero-order valence-electron chi connectivity index (χ0n) is 12.6. The van der Waals surface area contributed by atoms with Gasteiger partial charge in [0.15, 0.2) is 17.5 Å². The van der Waals surface area contributed by atoms with Gasteiger partial charge in [0.25, 0.3) is 5.91 Å². The number of carbonyl (C=O) groups excluding carboxylic acids is 1. The summed E-state index contributed by atoms with van der Waals surface area (Å²) in [6.45, 7) is 5.13. The van der Waals surface area contributed by atoms with E-state index in [1.165, 1.54) is 12.3 Å². The molecule has 0 fully saturated rings. The highest BCUT2D eigenvalue weighted by atomic mass is 19.2. The summed E-state index contributed by atoms with van der Waals surface area (Å²) in [5, 5.41) is 2.17. The minimum absolute atomic E-state index is 0.00830. The molecule has 0 aliphatic heterocycles. The molecular weight excluding hydrogens is 309 g/mol. The summed E-state index contributed by atoms with van der Waals surface area (Å²) >= 11 is 0. The van der Waals surface area contributed by atoms with Crippen LogP contribution in [0.5, 0.6) is 0 Å². The van der Waals surface area contributed by atoms with Crippen molar-refractivity contribution < 1.29 is 18.0 Å². The Labute approximate surface area is 131 Å². The van der Waals surface area contributed by atoms with Crippen molar-refractivity contribution in [1.82, 2.24) is 9.97 Å². The molecule has 5 nitrogen and oxygen atoms in total. The first kappa shape index (κ1) is 16.7. The molecule has 0 radical (unpaired) electrons. The van der Waals surface area contributed by atoms with E-state index in [9.17, 15) is 18.0 Å². The van der Waals surface area contributed by atoms with Crippen molar-refractivity contribution in [3.05, 3.63) is 47.5 Å². The Morgan fingerprint density at radius 3 is 2.48 bits per heavy atom. The molecule has 122 valence electrons. The Hall–Kier alpha value is -2.64. The Balaban J connectivity index is 2.25. The molecule has 1 N–H and O–H groups in total. The molecular formula is C15H15F3N4O. The molecule has 2 rings (SSSR count). The van der Waals surface area contributed by atoms with Gasteiger partial charge in [-0.15, -0.1) is 0 Å². The van der Waals surface area contributed by atoms with Crippen LogP contribution >= 0.6 is 0 Å². The third kappa shape index (κ3) is 3.58. The molecule has 23 heavy (non-hydrogen) atoms. The summed E-state index contributed by atoms with van der Waals surface area (Å²) in [7, 11) is 0. The Morgan fingerprint density at radius 1 is 1.13 bits per heavy atom. The highest BCUT2D eigenvalue weighted by molar-refractivity contribution is 6.03. The maximum absolute atomic E-state index is 13.6. The van der Waals surface area contributed by atoms with Crippen LogP contribution in [-0.2, 0) is 0 Å². The van der Waals surface area contributed by atoms with Crippen LogP contribution in [0.2, 0.25) is 0 Å². The van der Waals surface area contributed by atoms with Crippen LogP contribution in [-0.4, -0.2) is 29.0 Å². The first-order valence-corrected chi connectivity index (χ1v) is 7.00. The third-order valence-corrected chi connectivity index (χ3v) is 3.21. The molecule has 1 aromatic heterocycles. The second-order valence-corrected chi connectivity index (χ2v) is 4.59. The van der Waals surface area contributed by atoms with E-state index in [0.29, 0.717) is 19.0 Å². The number of anilines is 2. The Kier molecular flexibility index (Phi) is 5.15. The molecule has 0 unspecified atom stereocenters. The normalized spacial score (nSPS) is 10.5. The number of nitrogens with zero attached hydrogens (tertiary/aromatic N) is 3. The molecule has 0 atom stereocenters. The molecule has 0 saturated carbocycles. The Bertz CT molecular complexity index is 720. The molecule has 0 aliphatic carbocycles. The molecule has 0 bridgehead atoms. The summed E-state index contributed by atoms with van der Waals surface area (Å²) in [5.74, 6) is -4.82. The van der Waals surface area contributed by atoms with E-state index in [1.807, 2.05) is 18.7 Å². The summed E-state index contributed by atoms with van der Waals surface area (Å²) in [6, 6.07) is 3.02. The summed E-state index contributed by atoms with van der Waals surface area (Å²) < 4.78 is 39.6. The van der Waals surface area contributed by atoms with Crippen LogP contribution in [0.4, 0.5) is 24.8 Å². The highest BCUT2D eigenvalue weighted by Crippen LogP contribution is 2.20. The molecule has 1 aromatic carbocycles. The standard InChI is InChI=1S/C15H15F3N4O/c1-3-22(4-2)15-19-8-7-11(21-15)14(23)20-10-6-5-9(16)12(17)13(10)18/h5-8H,3-4H2,1-2H3,(H,20,23). The number of halogens is 3. The second-order valence-electron chi connectivity index (χ2n) is 4.59. The summed E-state index contributed by atoms with van der Waals surface area (Å²) in [6.07, 6.45) is 1.40. The maximum Gasteiger partial charge on any atom is 0.274 e. The smallest absolute Gasteiger partial charge is 0.274 e. The van der Waals surface area contributed by atoms with Crippen LogP contribution in [0, 0.1) is 17.5 Å². The minimum Gasteiger partial charge on any atom is -0.341 e. The fourth-order valence-electron chi connectivity index (χ4n) is 1.94. The van der Waals surface area contributed by atoms with Gasteiger partial charge in [0.1, 0.15) is 5.69 Å². The number of hydrogen-bond donors (Lipinski definition) is 1. The quantitative estimate of drug-likeness (QED) is 0.859. The second kappa shape index (κ2) is 7.08. The molecule has 2 aromatic rings. The zero-order valence-corrected chi connectivity index (χ0v) is 12.6. The molecule has 1 amide bonds. The number of aromatic nitrogens is 2. The van der Waals surface area contributed by atoms with Gasteiger partial charge in [0.2, 0.25) is 5.95 Å². The van der Waals surface area contributed by atoms with Gasteiger partial charge in [-0.1, -0.05) is 0 Å². The van der Waals surface area contributed by atoms with Gasteiger partial charge >= 0.3 is 0 Å². The van der Waals surface area contributed by atoms with Crippen molar-refractivity contribution in [3.8, 4) is 0 Å². The van der Waals surface area contributed by atoms with Crippen LogP contribution < -0.4 is 10.2 Å². The fraction of sp³-hybridized carbons (Fsp3) is 0.267. The van der Waals surface area contributed by atoms with Crippen LogP contribution in [0.25, 0.3) is 0 Å². The van der Waals surface area contributed by atoms with Gasteiger partial charge in [-0.25, -0.2) is 23.1 Å². The molecule has 0 spiro atoms. The summed E-state index contributed by atoms with van der Waals surface area (Å²) in [5.41, 5.74) is -0.470. The van der Waals surface area contributed by atoms with E-state index in [-0.39, 0.29) is 5.69 Å². The number of carbonyl (C=O) groups is 1. The molecule has 0 aliphatic rings. The Morgan fingerprint density at radius 2 is 1.83 bits per heavy atom. The van der Waals surface area contributed by atoms with E-state index < -0.39 is 29.0 Å². The van der Waals surface area contributed by atoms with Gasteiger partial charge in [-0.3, -0.25) is 4.79 Å². The number of hydrogen-bond acceptors (Lipinski definition) is 4. The fourth-order valence-corrected chi connectivity index (χ4v) is 1.94.